The van der Waals surface area contributed by atoms with Crippen LogP contribution >= 0.6 is 0 Å². The van der Waals surface area contributed by atoms with E-state index in [0.717, 1.165) is 6.42 Å². The second kappa shape index (κ2) is 17.2. The molecule has 0 atom stereocenters. The van der Waals surface area contributed by atoms with Gasteiger partial charge in [-0.25, -0.2) is 4.79 Å². The average Bonchev–Trinajstić information content (AvgIpc) is 2.55. The number of esters is 3. The molecule has 0 rings (SSSR count). The Labute approximate surface area is 174 Å². The molecule has 0 saturated heterocycles. The zero-order chi connectivity index (χ0) is 21.4. The summed E-state index contributed by atoms with van der Waals surface area (Å²) in [6, 6.07) is 0. The van der Waals surface area contributed by atoms with Crippen molar-refractivity contribution in [3.8, 4) is 0 Å². The maximum atomic E-state index is 12.0. The monoisotopic (exact) mass is 421 g/mol. The van der Waals surface area contributed by atoms with Gasteiger partial charge >= 0.3 is 17.9 Å². The van der Waals surface area contributed by atoms with Crippen LogP contribution in [-0.2, 0) is 38.1 Å². The van der Waals surface area contributed by atoms with E-state index in [1.807, 2.05) is 6.92 Å². The van der Waals surface area contributed by atoms with Crippen LogP contribution in [0, 0.1) is 0 Å². The standard InChI is InChI=1S/C19H35NO8.CH4/c1-6-9-24-12-13-25-15-18(23)27-11-8-20(7-10-26-16(2)21)14-17(22)28-19(3,4)5;/h6-15H2,1-5H3;1H4. The van der Waals surface area contributed by atoms with Crippen molar-refractivity contribution in [1.82, 2.24) is 4.90 Å². The fourth-order valence-electron chi connectivity index (χ4n) is 1.99. The molecule has 0 spiro atoms. The van der Waals surface area contributed by atoms with Crippen LogP contribution in [-0.4, -0.2) is 87.7 Å². The van der Waals surface area contributed by atoms with Crippen molar-refractivity contribution >= 4 is 17.9 Å². The molecule has 0 aromatic carbocycles. The van der Waals surface area contributed by atoms with Crippen molar-refractivity contribution < 1.29 is 38.1 Å². The SMILES string of the molecule is C.CCCOCCOCC(=O)OCCN(CCOC(C)=O)CC(=O)OC(C)(C)C. The minimum absolute atomic E-state index is 0. The Balaban J connectivity index is 0. The van der Waals surface area contributed by atoms with Gasteiger partial charge in [-0.2, -0.15) is 0 Å². The Morgan fingerprint density at radius 1 is 0.828 bits per heavy atom. The molecule has 29 heavy (non-hydrogen) atoms. The van der Waals surface area contributed by atoms with Crippen molar-refractivity contribution in [2.24, 2.45) is 0 Å². The Morgan fingerprint density at radius 3 is 1.97 bits per heavy atom. The maximum absolute atomic E-state index is 12.0. The molecule has 0 aliphatic carbocycles. The number of hydrogen-bond acceptors (Lipinski definition) is 9. The topological polar surface area (TPSA) is 101 Å². The van der Waals surface area contributed by atoms with E-state index in [1.54, 1.807) is 25.7 Å². The first-order valence-corrected chi connectivity index (χ1v) is 9.52. The van der Waals surface area contributed by atoms with Crippen LogP contribution in [0.15, 0.2) is 0 Å². The predicted molar refractivity (Wildman–Crippen MR) is 109 cm³/mol. The van der Waals surface area contributed by atoms with Crippen molar-refractivity contribution in [2.45, 2.75) is 54.1 Å². The summed E-state index contributed by atoms with van der Waals surface area (Å²) in [7, 11) is 0. The molecule has 0 aromatic heterocycles. The molecule has 9 nitrogen and oxygen atoms in total. The molecule has 0 fully saturated rings. The van der Waals surface area contributed by atoms with E-state index in [9.17, 15) is 14.4 Å². The second-order valence-electron chi connectivity index (χ2n) is 7.09. The number of rotatable bonds is 15. The molecule has 0 N–H and O–H groups in total. The average molecular weight is 422 g/mol. The van der Waals surface area contributed by atoms with Crippen molar-refractivity contribution in [2.75, 3.05) is 59.3 Å². The van der Waals surface area contributed by atoms with E-state index >= 15 is 0 Å². The number of carbonyl (C=O) groups excluding carboxylic acids is 3. The molecule has 0 aliphatic rings. The first-order chi connectivity index (χ1) is 13.1. The highest BCUT2D eigenvalue weighted by Crippen LogP contribution is 2.07. The summed E-state index contributed by atoms with van der Waals surface area (Å²) in [5.74, 6) is -1.30. The number of nitrogens with zero attached hydrogens (tertiary/aromatic N) is 1. The van der Waals surface area contributed by atoms with Gasteiger partial charge in [0.2, 0.25) is 0 Å². The summed E-state index contributed by atoms with van der Waals surface area (Å²) in [6.07, 6.45) is 0.930. The van der Waals surface area contributed by atoms with Gasteiger partial charge in [0.05, 0.1) is 19.8 Å². The highest BCUT2D eigenvalue weighted by Gasteiger charge is 2.19. The van der Waals surface area contributed by atoms with Crippen LogP contribution in [0.4, 0.5) is 0 Å². The molecule has 0 heterocycles. The fraction of sp³-hybridized carbons (Fsp3) is 0.850. The Morgan fingerprint density at radius 2 is 1.41 bits per heavy atom. The summed E-state index contributed by atoms with van der Waals surface area (Å²) >= 11 is 0. The second-order valence-corrected chi connectivity index (χ2v) is 7.09. The van der Waals surface area contributed by atoms with Crippen molar-refractivity contribution in [1.29, 1.82) is 0 Å². The molecule has 0 bridgehead atoms. The molecule has 0 aromatic rings. The minimum Gasteiger partial charge on any atom is -0.465 e. The van der Waals surface area contributed by atoms with Crippen LogP contribution in [0.3, 0.4) is 0 Å². The minimum atomic E-state index is -0.594. The summed E-state index contributed by atoms with van der Waals surface area (Å²) in [5.41, 5.74) is -0.594. The molecule has 172 valence electrons. The van der Waals surface area contributed by atoms with E-state index in [-0.39, 0.29) is 33.8 Å². The molecule has 0 saturated carbocycles. The van der Waals surface area contributed by atoms with Crippen molar-refractivity contribution in [3.63, 3.8) is 0 Å². The molecule has 0 aliphatic heterocycles. The van der Waals surface area contributed by atoms with Gasteiger partial charge in [0, 0.05) is 26.6 Å². The third-order valence-corrected chi connectivity index (χ3v) is 3.10. The molecule has 0 unspecified atom stereocenters. The Bertz CT molecular complexity index is 462. The molecular formula is C20H39NO8. The molecule has 0 amide bonds. The highest BCUT2D eigenvalue weighted by atomic mass is 16.6. The van der Waals surface area contributed by atoms with E-state index in [1.165, 1.54) is 6.92 Å². The summed E-state index contributed by atoms with van der Waals surface area (Å²) in [6.45, 7) is 10.8. The van der Waals surface area contributed by atoms with E-state index in [0.29, 0.717) is 32.9 Å². The number of ether oxygens (including phenoxy) is 5. The Kier molecular flexibility index (Phi) is 17.5. The van der Waals surface area contributed by atoms with E-state index in [2.05, 4.69) is 0 Å². The molecular weight excluding hydrogens is 382 g/mol. The highest BCUT2D eigenvalue weighted by molar-refractivity contribution is 5.72. The largest absolute Gasteiger partial charge is 0.465 e. The third-order valence-electron chi connectivity index (χ3n) is 3.10. The summed E-state index contributed by atoms with van der Waals surface area (Å²) in [4.78, 5) is 36.3. The van der Waals surface area contributed by atoms with Crippen LogP contribution in [0.25, 0.3) is 0 Å². The van der Waals surface area contributed by atoms with Gasteiger partial charge in [0.1, 0.15) is 25.4 Å². The van der Waals surface area contributed by atoms with E-state index in [4.69, 9.17) is 23.7 Å². The smallest absolute Gasteiger partial charge is 0.332 e. The van der Waals surface area contributed by atoms with Gasteiger partial charge in [-0.3, -0.25) is 14.5 Å². The zero-order valence-corrected chi connectivity index (χ0v) is 17.8. The maximum Gasteiger partial charge on any atom is 0.332 e. The number of carbonyl (C=O) groups is 3. The lowest BCUT2D eigenvalue weighted by Crippen LogP contribution is -2.39. The predicted octanol–water partition coefficient (Wildman–Crippen LogP) is 1.82. The van der Waals surface area contributed by atoms with Crippen LogP contribution in [0.2, 0.25) is 0 Å². The van der Waals surface area contributed by atoms with Gasteiger partial charge in [-0.1, -0.05) is 14.4 Å². The van der Waals surface area contributed by atoms with Crippen LogP contribution in [0.1, 0.15) is 48.5 Å². The summed E-state index contributed by atoms with van der Waals surface area (Å²) < 4.78 is 25.7. The first-order valence-electron chi connectivity index (χ1n) is 9.52. The van der Waals surface area contributed by atoms with Gasteiger partial charge in [-0.15, -0.1) is 0 Å². The third kappa shape index (κ3) is 20.8. The number of hydrogen-bond donors (Lipinski definition) is 0. The van der Waals surface area contributed by atoms with Crippen LogP contribution in [0.5, 0.6) is 0 Å². The van der Waals surface area contributed by atoms with Gasteiger partial charge < -0.3 is 23.7 Å². The summed E-state index contributed by atoms with van der Waals surface area (Å²) in [5, 5.41) is 0. The van der Waals surface area contributed by atoms with Gasteiger partial charge in [-0.05, 0) is 27.2 Å². The zero-order valence-electron chi connectivity index (χ0n) is 17.8. The lowest BCUT2D eigenvalue weighted by atomic mass is 10.2. The lowest BCUT2D eigenvalue weighted by molar-refractivity contribution is -0.156. The van der Waals surface area contributed by atoms with Crippen molar-refractivity contribution in [3.05, 3.63) is 0 Å². The first kappa shape index (κ1) is 29.5. The molecule has 0 radical (unpaired) electrons. The molecule has 9 heteroatoms. The quantitative estimate of drug-likeness (QED) is 0.223. The lowest BCUT2D eigenvalue weighted by Gasteiger charge is -2.24. The van der Waals surface area contributed by atoms with E-state index < -0.39 is 23.5 Å². The van der Waals surface area contributed by atoms with Crippen LogP contribution < -0.4 is 0 Å². The Hall–Kier alpha value is -1.71. The fourth-order valence-corrected chi connectivity index (χ4v) is 1.99. The van der Waals surface area contributed by atoms with Gasteiger partial charge in [0.15, 0.2) is 0 Å². The van der Waals surface area contributed by atoms with Gasteiger partial charge in [0.25, 0.3) is 0 Å². The normalized spacial score (nSPS) is 11.0.